The molecule has 1 aliphatic carbocycles. The fraction of sp³-hybridized carbons (Fsp3) is 0.390. The standard InChI is InChI=1S/C59H65N10O13P/c1-66-48-31-36(16-20-45(48)69(59(66)79)47-22-24-50(71)64-56(47)76)38-27-33(28-38)9-8-14-51(72)67-26-25-40-17-21-46(55(75)62-42(19-23-49(60)70)53(73)65-52(34-10-4-2-5-11-34)35-12-6-3-7-13-35)68(40)57(77)44(32-67)63-54(74)43-30-39-29-37(15-18-41(39)61-43)58(78)83(80,81)82/h2-7,10-13,15-16,18,20,29-31,33,38,40,42,44,46-47,52,61H,8-9,14,17,19,21-28,32H2,1H3,(H2,60,70)(H,62,75)(H,63,74)(H,65,73)(H,64,71,76)(H2,80,81,82)/t33?,38?,40-,42+,44+,46+,47?/m1/s1. The van der Waals surface area contributed by atoms with E-state index in [-0.39, 0.29) is 91.7 Å². The van der Waals surface area contributed by atoms with Crippen LogP contribution in [0.3, 0.4) is 0 Å². The number of carbonyl (C=O) groups is 9. The Balaban J connectivity index is 0.832. The highest BCUT2D eigenvalue weighted by Gasteiger charge is 2.46. The van der Waals surface area contributed by atoms with Crippen molar-refractivity contribution in [3.63, 3.8) is 0 Å². The van der Waals surface area contributed by atoms with Gasteiger partial charge in [0.2, 0.25) is 41.4 Å². The lowest BCUT2D eigenvalue weighted by atomic mass is 9.69. The van der Waals surface area contributed by atoms with Crippen molar-refractivity contribution in [2.45, 2.75) is 119 Å². The normalized spacial score (nSPS) is 21.4. The van der Waals surface area contributed by atoms with Gasteiger partial charge < -0.3 is 46.3 Å². The van der Waals surface area contributed by atoms with Crippen LogP contribution in [-0.2, 0) is 45.2 Å². The number of hydrogen-bond acceptors (Lipinski definition) is 11. The molecule has 4 fully saturated rings. The molecule has 3 saturated heterocycles. The van der Waals surface area contributed by atoms with Crippen LogP contribution in [0.5, 0.6) is 0 Å². The Labute approximate surface area is 475 Å². The molecule has 1 unspecified atom stereocenters. The van der Waals surface area contributed by atoms with Gasteiger partial charge in [-0.2, -0.15) is 0 Å². The van der Waals surface area contributed by atoms with Crippen LogP contribution in [-0.4, -0.2) is 124 Å². The molecule has 83 heavy (non-hydrogen) atoms. The number of aryl methyl sites for hydroxylation is 1. The van der Waals surface area contributed by atoms with Crippen molar-refractivity contribution in [1.82, 2.24) is 45.2 Å². The SMILES string of the molecule is Cn1c(=O)n(C2CCC(=O)NC2=O)c2ccc(C3CC(CCCC(=O)N4CC[C@H]5CC[C@@H](C(=O)N[C@@H](CCC(N)=O)C(=O)NC(c6ccccc6)c6ccccc6)N5C(=O)[C@@H](NC(=O)c5cc6cc(C(=O)P(=O)(O)O)ccc6[nH]5)C4)C3)cc21. The van der Waals surface area contributed by atoms with E-state index in [2.05, 4.69) is 26.3 Å². The number of nitrogens with two attached hydrogens (primary N) is 1. The average molecular weight is 1150 g/mol. The third-order valence-electron chi connectivity index (χ3n) is 16.7. The van der Waals surface area contributed by atoms with Crippen LogP contribution in [0.2, 0.25) is 0 Å². The van der Waals surface area contributed by atoms with Crippen LogP contribution in [0.4, 0.5) is 0 Å². The minimum absolute atomic E-state index is 0.0678. The molecule has 2 aromatic heterocycles. The van der Waals surface area contributed by atoms with Gasteiger partial charge in [-0.3, -0.25) is 62.2 Å². The monoisotopic (exact) mass is 1150 g/mol. The van der Waals surface area contributed by atoms with Gasteiger partial charge in [0.15, 0.2) is 0 Å². The van der Waals surface area contributed by atoms with Crippen molar-refractivity contribution in [1.29, 1.82) is 0 Å². The van der Waals surface area contributed by atoms with Crippen molar-refractivity contribution < 1.29 is 57.5 Å². The number of aromatic amines is 1. The maximum absolute atomic E-state index is 15.1. The van der Waals surface area contributed by atoms with E-state index in [9.17, 15) is 57.5 Å². The van der Waals surface area contributed by atoms with Gasteiger partial charge in [-0.05, 0) is 123 Å². The number of carbonyl (C=O) groups excluding carboxylic acids is 9. The van der Waals surface area contributed by atoms with E-state index in [1.54, 1.807) is 11.9 Å². The highest BCUT2D eigenvalue weighted by Crippen LogP contribution is 2.45. The number of piperidine rings is 1. The molecule has 24 heteroatoms. The predicted molar refractivity (Wildman–Crippen MR) is 302 cm³/mol. The summed E-state index contributed by atoms with van der Waals surface area (Å²) in [4.78, 5) is 160. The van der Waals surface area contributed by atoms with Crippen molar-refractivity contribution in [2.75, 3.05) is 13.1 Å². The van der Waals surface area contributed by atoms with E-state index >= 15 is 4.79 Å². The van der Waals surface area contributed by atoms with Gasteiger partial charge in [0.1, 0.15) is 29.9 Å². The molecule has 1 saturated carbocycles. The van der Waals surface area contributed by atoms with E-state index in [4.69, 9.17) is 5.73 Å². The van der Waals surface area contributed by atoms with Crippen LogP contribution in [0, 0.1) is 5.92 Å². The molecule has 434 valence electrons. The molecule has 8 amide bonds. The number of benzene rings is 4. The molecule has 23 nitrogen and oxygen atoms in total. The smallest absolute Gasteiger partial charge is 0.370 e. The number of nitrogens with one attached hydrogen (secondary N) is 5. The predicted octanol–water partition coefficient (Wildman–Crippen LogP) is 3.83. The summed E-state index contributed by atoms with van der Waals surface area (Å²) in [6.07, 6.45) is 3.97. The summed E-state index contributed by atoms with van der Waals surface area (Å²) in [6.45, 7) is -0.0730. The summed E-state index contributed by atoms with van der Waals surface area (Å²) in [6, 6.07) is 23.7. The van der Waals surface area contributed by atoms with E-state index in [0.717, 1.165) is 36.0 Å². The van der Waals surface area contributed by atoms with Gasteiger partial charge in [-0.25, -0.2) is 4.79 Å². The summed E-state index contributed by atoms with van der Waals surface area (Å²) >= 11 is 0. The lowest BCUT2D eigenvalue weighted by Crippen LogP contribution is -2.62. The lowest BCUT2D eigenvalue weighted by Gasteiger charge is -2.39. The van der Waals surface area contributed by atoms with Crippen LogP contribution >= 0.6 is 7.60 Å². The zero-order chi connectivity index (χ0) is 58.9. The lowest BCUT2D eigenvalue weighted by molar-refractivity contribution is -0.145. The topological polar surface area (TPSA) is 335 Å². The van der Waals surface area contributed by atoms with Gasteiger partial charge in [0.05, 0.1) is 17.1 Å². The Morgan fingerprint density at radius 1 is 0.807 bits per heavy atom. The maximum Gasteiger partial charge on any atom is 0.396 e. The first-order valence-electron chi connectivity index (χ1n) is 27.9. The van der Waals surface area contributed by atoms with Crippen LogP contribution in [0.15, 0.2) is 108 Å². The highest BCUT2D eigenvalue weighted by atomic mass is 31.2. The van der Waals surface area contributed by atoms with Gasteiger partial charge >= 0.3 is 13.3 Å². The average Bonchev–Trinajstić information content (AvgIpc) is 2.33. The first-order chi connectivity index (χ1) is 39.7. The number of imide groups is 1. The fourth-order valence-electron chi connectivity index (χ4n) is 12.3. The molecule has 0 bridgehead atoms. The number of rotatable bonds is 19. The van der Waals surface area contributed by atoms with Crippen molar-refractivity contribution in [2.24, 2.45) is 18.7 Å². The molecule has 6 aromatic rings. The highest BCUT2D eigenvalue weighted by molar-refractivity contribution is 7.70. The minimum atomic E-state index is -5.13. The molecule has 4 aromatic carbocycles. The number of hydrogen-bond donors (Lipinski definition) is 8. The van der Waals surface area contributed by atoms with Crippen molar-refractivity contribution >= 4 is 82.3 Å². The van der Waals surface area contributed by atoms with E-state index in [1.165, 1.54) is 38.3 Å². The summed E-state index contributed by atoms with van der Waals surface area (Å²) in [7, 11) is -3.47. The Hall–Kier alpha value is -8.53. The number of H-pyrrole nitrogens is 1. The van der Waals surface area contributed by atoms with E-state index < -0.39 is 84.8 Å². The Morgan fingerprint density at radius 2 is 1.52 bits per heavy atom. The second-order valence-corrected chi connectivity index (χ2v) is 23.7. The molecule has 5 heterocycles. The molecule has 4 aliphatic rings. The number of fused-ring (bicyclic) bond motifs is 3. The van der Waals surface area contributed by atoms with Crippen LogP contribution < -0.4 is 32.7 Å². The first kappa shape index (κ1) is 57.7. The third kappa shape index (κ3) is 12.5. The second-order valence-electron chi connectivity index (χ2n) is 22.2. The van der Waals surface area contributed by atoms with Crippen LogP contribution in [0.1, 0.15) is 133 Å². The minimum Gasteiger partial charge on any atom is -0.370 e. The quantitative estimate of drug-likeness (QED) is 0.0423. The number of amides is 8. The zero-order valence-corrected chi connectivity index (χ0v) is 46.4. The number of primary amides is 1. The number of aromatic nitrogens is 3. The number of nitrogens with zero attached hydrogens (tertiary/aromatic N) is 4. The third-order valence-corrected chi connectivity index (χ3v) is 17.5. The molecule has 10 rings (SSSR count). The van der Waals surface area contributed by atoms with Gasteiger partial charge in [0, 0.05) is 61.9 Å². The Morgan fingerprint density at radius 3 is 2.19 bits per heavy atom. The van der Waals surface area contributed by atoms with Crippen molar-refractivity contribution in [3.8, 4) is 0 Å². The molecular formula is C59H65N10O13P. The summed E-state index contributed by atoms with van der Waals surface area (Å²) in [5.74, 6) is -3.95. The molecule has 0 radical (unpaired) electrons. The molecular weight excluding hydrogens is 1090 g/mol. The Bertz CT molecular complexity index is 3620. The van der Waals surface area contributed by atoms with Crippen LogP contribution in [0.25, 0.3) is 21.9 Å². The zero-order valence-electron chi connectivity index (χ0n) is 45.5. The largest absolute Gasteiger partial charge is 0.396 e. The second kappa shape index (κ2) is 24.1. The van der Waals surface area contributed by atoms with Crippen molar-refractivity contribution in [3.05, 3.63) is 142 Å². The molecule has 0 spiro atoms. The maximum atomic E-state index is 15.1. The van der Waals surface area contributed by atoms with E-state index in [0.29, 0.717) is 41.7 Å². The fourth-order valence-corrected chi connectivity index (χ4v) is 12.8. The summed E-state index contributed by atoms with van der Waals surface area (Å²) in [5.41, 5.74) is 7.68. The summed E-state index contributed by atoms with van der Waals surface area (Å²) < 4.78 is 14.7. The molecule has 5 atom stereocenters. The molecule has 3 aliphatic heterocycles. The Kier molecular flexibility index (Phi) is 16.8. The van der Waals surface area contributed by atoms with E-state index in [1.807, 2.05) is 78.9 Å². The van der Waals surface area contributed by atoms with Gasteiger partial charge in [-0.15, -0.1) is 0 Å². The number of imidazole rings is 1. The molecule has 9 N–H and O–H groups in total. The van der Waals surface area contributed by atoms with Gasteiger partial charge in [0.25, 0.3) is 11.4 Å². The summed E-state index contributed by atoms with van der Waals surface area (Å²) in [5, 5.41) is 11.3. The van der Waals surface area contributed by atoms with Gasteiger partial charge in [-0.1, -0.05) is 66.7 Å². The first-order valence-corrected chi connectivity index (χ1v) is 29.5.